The van der Waals surface area contributed by atoms with Gasteiger partial charge in [0, 0.05) is 31.4 Å². The van der Waals surface area contributed by atoms with Gasteiger partial charge in [-0.15, -0.1) is 0 Å². The molecule has 62 heavy (non-hydrogen) atoms. The molecule has 0 aliphatic heterocycles. The molecule has 0 spiro atoms. The van der Waals surface area contributed by atoms with E-state index in [1.165, 1.54) is 193 Å². The molecule has 0 aromatic heterocycles. The zero-order valence-electron chi connectivity index (χ0n) is 41.4. The Labute approximate surface area is 390 Å². The summed E-state index contributed by atoms with van der Waals surface area (Å²) in [4.78, 5) is 51.9. The van der Waals surface area contributed by atoms with Crippen LogP contribution in [0.2, 0.25) is 0 Å². The van der Waals surface area contributed by atoms with Crippen LogP contribution >= 0.6 is 12.6 Å². The number of hydrogen-bond donors (Lipinski definition) is 2. The highest BCUT2D eigenvalue weighted by Crippen LogP contribution is 2.17. The number of carbonyl (C=O) groups is 4. The van der Waals surface area contributed by atoms with Crippen LogP contribution < -0.4 is 5.32 Å². The third kappa shape index (κ3) is 43.7. The highest BCUT2D eigenvalue weighted by atomic mass is 32.1. The Morgan fingerprint density at radius 1 is 0.403 bits per heavy atom. The van der Waals surface area contributed by atoms with Gasteiger partial charge in [0.1, 0.15) is 12.7 Å². The Bertz CT molecular complexity index is 1010. The van der Waals surface area contributed by atoms with Gasteiger partial charge < -0.3 is 14.8 Å². The predicted octanol–water partition coefficient (Wildman–Crippen LogP) is 16.3. The minimum atomic E-state index is -0.882. The molecule has 8 heteroatoms. The van der Waals surface area contributed by atoms with E-state index in [0.717, 1.165) is 57.8 Å². The molecule has 0 aromatic carbocycles. The van der Waals surface area contributed by atoms with Crippen LogP contribution in [0.25, 0.3) is 0 Å². The second kappa shape index (κ2) is 48.9. The highest BCUT2D eigenvalue weighted by molar-refractivity contribution is 7.80. The molecule has 1 amide bonds. The average Bonchev–Trinajstić information content (AvgIpc) is 3.26. The highest BCUT2D eigenvalue weighted by Gasteiger charge is 2.26. The summed E-state index contributed by atoms with van der Waals surface area (Å²) in [7, 11) is 0. The van der Waals surface area contributed by atoms with Crippen molar-refractivity contribution >= 4 is 36.3 Å². The molecule has 1 unspecified atom stereocenters. The number of nitrogens with one attached hydrogen (secondary N) is 1. The molecule has 0 radical (unpaired) electrons. The summed E-state index contributed by atoms with van der Waals surface area (Å²) < 4.78 is 11.4. The molecule has 2 atom stereocenters. The number of Topliss-reactive ketones (excluding diaryl/α,β-unsaturated/α-hetero) is 1. The number of hydrogen-bond acceptors (Lipinski definition) is 7. The van der Waals surface area contributed by atoms with Crippen LogP contribution in [0, 0.1) is 0 Å². The summed E-state index contributed by atoms with van der Waals surface area (Å²) in [5, 5.41) is 2.87. The number of carbonyl (C=O) groups excluding carboxylic acids is 4. The zero-order chi connectivity index (χ0) is 45.4. The summed E-state index contributed by atoms with van der Waals surface area (Å²) in [6, 6.07) is -0.781. The van der Waals surface area contributed by atoms with E-state index in [9.17, 15) is 19.2 Å². The van der Waals surface area contributed by atoms with Crippen molar-refractivity contribution in [1.29, 1.82) is 0 Å². The van der Waals surface area contributed by atoms with Crippen molar-refractivity contribution in [2.24, 2.45) is 0 Å². The second-order valence-corrected chi connectivity index (χ2v) is 19.1. The second-order valence-electron chi connectivity index (χ2n) is 18.7. The number of rotatable bonds is 50. The lowest BCUT2D eigenvalue weighted by molar-refractivity contribution is -0.160. The molecule has 0 aliphatic carbocycles. The zero-order valence-corrected chi connectivity index (χ0v) is 42.3. The Morgan fingerprint density at radius 3 is 1.02 bits per heavy atom. The fraction of sp³-hybridized carbons (Fsp3) is 0.926. The van der Waals surface area contributed by atoms with Gasteiger partial charge in [0.05, 0.1) is 6.04 Å². The third-order valence-electron chi connectivity index (χ3n) is 12.5. The molecule has 0 bridgehead atoms. The minimum absolute atomic E-state index is 0.124. The van der Waals surface area contributed by atoms with Crippen molar-refractivity contribution in [3.63, 3.8) is 0 Å². The molecule has 0 heterocycles. The number of unbranched alkanes of at least 4 members (excludes halogenated alkanes) is 36. The van der Waals surface area contributed by atoms with Crippen LogP contribution in [0.1, 0.15) is 297 Å². The molecule has 0 saturated heterocycles. The van der Waals surface area contributed by atoms with Crippen LogP contribution in [0.3, 0.4) is 0 Å². The standard InChI is InChI=1S/C54H103NO6S/c1-4-7-10-13-16-19-22-25-28-31-34-37-40-43-52(57)55-50(48-62)51(56)46-49(61-54(59)45-42-39-36-33-30-27-24-21-18-15-12-9-6-3)47-60-53(58)44-41-38-35-32-29-26-23-20-17-14-11-8-5-2/h49-50,62H,4-48H2,1-3H3,(H,55,57)/t49?,50-/m0/s1. The summed E-state index contributed by atoms with van der Waals surface area (Å²) >= 11 is 4.38. The molecule has 7 nitrogen and oxygen atoms in total. The molecular formula is C54H103NO6S. The van der Waals surface area contributed by atoms with Crippen molar-refractivity contribution in [2.75, 3.05) is 12.4 Å². The number of ether oxygens (including phenoxy) is 2. The SMILES string of the molecule is CCCCCCCCCCCCCCCC(=O)N[C@@H](CS)C(=O)CC(COC(=O)CCCCCCCCCCCCCCC)OC(=O)CCCCCCCCCCCCCCC. The van der Waals surface area contributed by atoms with E-state index < -0.39 is 12.1 Å². The Kier molecular flexibility index (Phi) is 47.6. The fourth-order valence-electron chi connectivity index (χ4n) is 8.38. The lowest BCUT2D eigenvalue weighted by Gasteiger charge is -2.21. The monoisotopic (exact) mass is 894 g/mol. The largest absolute Gasteiger partial charge is 0.462 e. The van der Waals surface area contributed by atoms with Crippen LogP contribution in [0.5, 0.6) is 0 Å². The molecule has 0 aromatic rings. The molecular weight excluding hydrogens is 791 g/mol. The summed E-state index contributed by atoms with van der Waals surface area (Å²) in [5.41, 5.74) is 0. The van der Waals surface area contributed by atoms with Crippen molar-refractivity contribution < 1.29 is 28.7 Å². The maximum absolute atomic E-state index is 13.4. The van der Waals surface area contributed by atoms with E-state index in [1.54, 1.807) is 0 Å². The summed E-state index contributed by atoms with van der Waals surface area (Å²) in [6.45, 7) is 6.62. The Balaban J connectivity index is 4.64. The lowest BCUT2D eigenvalue weighted by Crippen LogP contribution is -2.44. The van der Waals surface area contributed by atoms with E-state index in [-0.39, 0.29) is 48.8 Å². The summed E-state index contributed by atoms with van der Waals surface area (Å²) in [6.07, 6.45) is 48.1. The van der Waals surface area contributed by atoms with Crippen LogP contribution in [0.4, 0.5) is 0 Å². The minimum Gasteiger partial charge on any atom is -0.462 e. The molecule has 0 saturated carbocycles. The molecule has 366 valence electrons. The van der Waals surface area contributed by atoms with Gasteiger partial charge in [0.2, 0.25) is 5.91 Å². The van der Waals surface area contributed by atoms with Gasteiger partial charge in [0.25, 0.3) is 0 Å². The smallest absolute Gasteiger partial charge is 0.306 e. The number of thiol groups is 1. The normalized spacial score (nSPS) is 12.3. The molecule has 0 rings (SSSR count). The van der Waals surface area contributed by atoms with Gasteiger partial charge in [-0.1, -0.05) is 252 Å². The maximum atomic E-state index is 13.4. The van der Waals surface area contributed by atoms with Gasteiger partial charge in [-0.2, -0.15) is 12.6 Å². The van der Waals surface area contributed by atoms with Crippen LogP contribution in [-0.4, -0.2) is 48.1 Å². The number of amides is 1. The Hall–Kier alpha value is -1.57. The maximum Gasteiger partial charge on any atom is 0.306 e. The fourth-order valence-corrected chi connectivity index (χ4v) is 8.67. The van der Waals surface area contributed by atoms with E-state index in [2.05, 4.69) is 38.7 Å². The van der Waals surface area contributed by atoms with Gasteiger partial charge in [-0.05, 0) is 19.3 Å². The van der Waals surface area contributed by atoms with E-state index >= 15 is 0 Å². The first-order chi connectivity index (χ1) is 30.4. The molecule has 1 N–H and O–H groups in total. The van der Waals surface area contributed by atoms with E-state index in [0.29, 0.717) is 12.8 Å². The van der Waals surface area contributed by atoms with E-state index in [1.807, 2.05) is 0 Å². The third-order valence-corrected chi connectivity index (χ3v) is 12.9. The average molecular weight is 894 g/mol. The predicted molar refractivity (Wildman–Crippen MR) is 267 cm³/mol. The quantitative estimate of drug-likeness (QED) is 0.0359. The number of esters is 2. The lowest BCUT2D eigenvalue weighted by atomic mass is 10.0. The first-order valence-corrected chi connectivity index (χ1v) is 27.8. The molecule has 0 aliphatic rings. The van der Waals surface area contributed by atoms with E-state index in [4.69, 9.17) is 9.47 Å². The summed E-state index contributed by atoms with van der Waals surface area (Å²) in [5.74, 6) is -0.949. The Morgan fingerprint density at radius 2 is 0.694 bits per heavy atom. The van der Waals surface area contributed by atoms with Gasteiger partial charge >= 0.3 is 11.9 Å². The van der Waals surface area contributed by atoms with Crippen molar-refractivity contribution in [3.05, 3.63) is 0 Å². The first kappa shape index (κ1) is 60.4. The number of ketones is 1. The van der Waals surface area contributed by atoms with Crippen molar-refractivity contribution in [3.8, 4) is 0 Å². The van der Waals surface area contributed by atoms with Crippen LogP contribution in [-0.2, 0) is 28.7 Å². The van der Waals surface area contributed by atoms with Gasteiger partial charge in [-0.3, -0.25) is 19.2 Å². The van der Waals surface area contributed by atoms with Crippen molar-refractivity contribution in [2.45, 2.75) is 309 Å². The van der Waals surface area contributed by atoms with Gasteiger partial charge in [-0.25, -0.2) is 0 Å². The first-order valence-electron chi connectivity index (χ1n) is 27.2. The van der Waals surface area contributed by atoms with Gasteiger partial charge in [0.15, 0.2) is 5.78 Å². The topological polar surface area (TPSA) is 98.8 Å². The van der Waals surface area contributed by atoms with Crippen molar-refractivity contribution in [1.82, 2.24) is 5.32 Å². The van der Waals surface area contributed by atoms with Crippen LogP contribution in [0.15, 0.2) is 0 Å². The molecule has 0 fully saturated rings.